The van der Waals surface area contributed by atoms with Crippen molar-refractivity contribution in [1.29, 1.82) is 0 Å². The van der Waals surface area contributed by atoms with Crippen molar-refractivity contribution in [3.63, 3.8) is 0 Å². The molecular formula is C16H14N2O3. The first-order chi connectivity index (χ1) is 10.2. The van der Waals surface area contributed by atoms with E-state index < -0.39 is 0 Å². The number of nitrogens with zero attached hydrogens (tertiary/aromatic N) is 1. The third-order valence-electron chi connectivity index (χ3n) is 3.16. The van der Waals surface area contributed by atoms with Crippen LogP contribution in [0.4, 0.5) is 5.69 Å². The van der Waals surface area contributed by atoms with Crippen molar-refractivity contribution in [2.24, 2.45) is 0 Å². The summed E-state index contributed by atoms with van der Waals surface area (Å²) in [7, 11) is 1.37. The molecule has 0 saturated heterocycles. The fraction of sp³-hybridized carbons (Fsp3) is 0.125. The molecule has 2 N–H and O–H groups in total. The SMILES string of the molecule is COC(=O)Cc1ccc2oc(-c3cccc(N)c3)nc2c1. The molecule has 3 aromatic rings. The normalized spacial score (nSPS) is 10.7. The lowest BCUT2D eigenvalue weighted by molar-refractivity contribution is -0.139. The van der Waals surface area contributed by atoms with E-state index in [4.69, 9.17) is 10.2 Å². The fourth-order valence-corrected chi connectivity index (χ4v) is 2.12. The van der Waals surface area contributed by atoms with Gasteiger partial charge in [-0.2, -0.15) is 0 Å². The molecule has 0 aliphatic heterocycles. The predicted molar refractivity (Wildman–Crippen MR) is 79.6 cm³/mol. The summed E-state index contributed by atoms with van der Waals surface area (Å²) in [5, 5.41) is 0. The van der Waals surface area contributed by atoms with E-state index in [1.165, 1.54) is 7.11 Å². The van der Waals surface area contributed by atoms with Crippen molar-refractivity contribution >= 4 is 22.8 Å². The summed E-state index contributed by atoms with van der Waals surface area (Å²) in [5.41, 5.74) is 9.44. The van der Waals surface area contributed by atoms with Crippen molar-refractivity contribution < 1.29 is 13.9 Å². The van der Waals surface area contributed by atoms with Crippen LogP contribution in [0, 0.1) is 0 Å². The molecule has 106 valence electrons. The van der Waals surface area contributed by atoms with Crippen LogP contribution < -0.4 is 5.73 Å². The summed E-state index contributed by atoms with van der Waals surface area (Å²) >= 11 is 0. The Bertz CT molecular complexity index is 808. The van der Waals surface area contributed by atoms with E-state index in [2.05, 4.69) is 9.72 Å². The number of hydrogen-bond donors (Lipinski definition) is 1. The maximum absolute atomic E-state index is 11.3. The summed E-state index contributed by atoms with van der Waals surface area (Å²) < 4.78 is 10.4. The van der Waals surface area contributed by atoms with Crippen molar-refractivity contribution in [3.8, 4) is 11.5 Å². The number of rotatable bonds is 3. The van der Waals surface area contributed by atoms with Crippen molar-refractivity contribution in [2.45, 2.75) is 6.42 Å². The van der Waals surface area contributed by atoms with Gasteiger partial charge in [0.1, 0.15) is 5.52 Å². The molecule has 0 atom stereocenters. The molecule has 1 heterocycles. The topological polar surface area (TPSA) is 78.3 Å². The van der Waals surface area contributed by atoms with E-state index in [9.17, 15) is 4.79 Å². The molecule has 0 unspecified atom stereocenters. The van der Waals surface area contributed by atoms with Gasteiger partial charge in [-0.05, 0) is 35.9 Å². The Balaban J connectivity index is 1.98. The monoisotopic (exact) mass is 282 g/mol. The highest BCUT2D eigenvalue weighted by atomic mass is 16.5. The number of fused-ring (bicyclic) bond motifs is 1. The summed E-state index contributed by atoms with van der Waals surface area (Å²) in [6.07, 6.45) is 0.215. The molecule has 0 bridgehead atoms. The van der Waals surface area contributed by atoms with Crippen LogP contribution in [0.25, 0.3) is 22.6 Å². The lowest BCUT2D eigenvalue weighted by atomic mass is 10.1. The molecule has 0 aliphatic rings. The van der Waals surface area contributed by atoms with Gasteiger partial charge in [-0.25, -0.2) is 4.98 Å². The Labute approximate surface area is 121 Å². The predicted octanol–water partition coefficient (Wildman–Crippen LogP) is 2.79. The third kappa shape index (κ3) is 2.72. The van der Waals surface area contributed by atoms with E-state index in [-0.39, 0.29) is 12.4 Å². The summed E-state index contributed by atoms with van der Waals surface area (Å²) in [5.74, 6) is 0.224. The van der Waals surface area contributed by atoms with Gasteiger partial charge in [0.05, 0.1) is 13.5 Å². The Morgan fingerprint density at radius 3 is 2.90 bits per heavy atom. The Morgan fingerprint density at radius 2 is 2.14 bits per heavy atom. The molecule has 0 fully saturated rings. The minimum absolute atomic E-state index is 0.215. The van der Waals surface area contributed by atoms with Crippen molar-refractivity contribution in [2.75, 3.05) is 12.8 Å². The highest BCUT2D eigenvalue weighted by Crippen LogP contribution is 2.26. The van der Waals surface area contributed by atoms with E-state index in [0.717, 1.165) is 11.1 Å². The molecule has 3 rings (SSSR count). The molecule has 21 heavy (non-hydrogen) atoms. The lowest BCUT2D eigenvalue weighted by Gasteiger charge is -1.98. The van der Waals surface area contributed by atoms with Crippen LogP contribution in [0.1, 0.15) is 5.56 Å². The molecule has 0 amide bonds. The second-order valence-corrected chi connectivity index (χ2v) is 4.70. The quantitative estimate of drug-likeness (QED) is 0.590. The first-order valence-electron chi connectivity index (χ1n) is 6.48. The molecule has 0 radical (unpaired) electrons. The Kier molecular flexibility index (Phi) is 3.31. The van der Waals surface area contributed by atoms with Gasteiger partial charge in [0, 0.05) is 11.3 Å². The highest BCUT2D eigenvalue weighted by molar-refractivity contribution is 5.79. The zero-order chi connectivity index (χ0) is 14.8. The number of hydrogen-bond acceptors (Lipinski definition) is 5. The molecule has 5 heteroatoms. The first kappa shape index (κ1) is 13.2. The van der Waals surface area contributed by atoms with E-state index >= 15 is 0 Å². The van der Waals surface area contributed by atoms with E-state index in [1.54, 1.807) is 18.2 Å². The summed E-state index contributed by atoms with van der Waals surface area (Å²) in [6.45, 7) is 0. The number of esters is 1. The van der Waals surface area contributed by atoms with Crippen LogP contribution >= 0.6 is 0 Å². The molecule has 0 aliphatic carbocycles. The zero-order valence-corrected chi connectivity index (χ0v) is 11.5. The number of nitrogens with two attached hydrogens (primary N) is 1. The molecule has 2 aromatic carbocycles. The van der Waals surface area contributed by atoms with Crippen molar-refractivity contribution in [3.05, 3.63) is 48.0 Å². The second kappa shape index (κ2) is 5.28. The highest BCUT2D eigenvalue weighted by Gasteiger charge is 2.10. The third-order valence-corrected chi connectivity index (χ3v) is 3.16. The number of nitrogen functional groups attached to an aromatic ring is 1. The maximum Gasteiger partial charge on any atom is 0.309 e. The van der Waals surface area contributed by atoms with Crippen LogP contribution in [0.5, 0.6) is 0 Å². The van der Waals surface area contributed by atoms with E-state index in [1.807, 2.05) is 24.3 Å². The molecule has 1 aromatic heterocycles. The number of aromatic nitrogens is 1. The van der Waals surface area contributed by atoms with Gasteiger partial charge in [0.2, 0.25) is 5.89 Å². The first-order valence-corrected chi connectivity index (χ1v) is 6.48. The average Bonchev–Trinajstić information content (AvgIpc) is 2.90. The fourth-order valence-electron chi connectivity index (χ4n) is 2.12. The maximum atomic E-state index is 11.3. The van der Waals surface area contributed by atoms with Crippen LogP contribution in [-0.4, -0.2) is 18.1 Å². The minimum Gasteiger partial charge on any atom is -0.469 e. The number of methoxy groups -OCH3 is 1. The van der Waals surface area contributed by atoms with Gasteiger partial charge >= 0.3 is 5.97 Å². The molecular weight excluding hydrogens is 268 g/mol. The minimum atomic E-state index is -0.283. The number of carbonyl (C=O) groups excluding carboxylic acids is 1. The lowest BCUT2D eigenvalue weighted by Crippen LogP contribution is -2.04. The number of benzene rings is 2. The molecule has 0 spiro atoms. The molecule has 0 saturated carbocycles. The van der Waals surface area contributed by atoms with Gasteiger partial charge in [-0.3, -0.25) is 4.79 Å². The molecule has 5 nitrogen and oxygen atoms in total. The van der Waals surface area contributed by atoms with Crippen molar-refractivity contribution in [1.82, 2.24) is 4.98 Å². The van der Waals surface area contributed by atoms with Gasteiger partial charge in [-0.1, -0.05) is 12.1 Å². The average molecular weight is 282 g/mol. The summed E-state index contributed by atoms with van der Waals surface area (Å²) in [6, 6.07) is 12.8. The summed E-state index contributed by atoms with van der Waals surface area (Å²) in [4.78, 5) is 15.7. The van der Waals surface area contributed by atoms with Gasteiger partial charge < -0.3 is 14.9 Å². The standard InChI is InChI=1S/C16H14N2O3/c1-20-15(19)8-10-5-6-14-13(7-10)18-16(21-14)11-3-2-4-12(17)9-11/h2-7,9H,8,17H2,1H3. The van der Waals surface area contributed by atoms with Gasteiger partial charge in [-0.15, -0.1) is 0 Å². The van der Waals surface area contributed by atoms with Crippen LogP contribution in [-0.2, 0) is 16.0 Å². The Hall–Kier alpha value is -2.82. The van der Waals surface area contributed by atoms with Gasteiger partial charge in [0.15, 0.2) is 5.58 Å². The number of carbonyl (C=O) groups is 1. The second-order valence-electron chi connectivity index (χ2n) is 4.70. The van der Waals surface area contributed by atoms with Crippen LogP contribution in [0.3, 0.4) is 0 Å². The van der Waals surface area contributed by atoms with Crippen LogP contribution in [0.2, 0.25) is 0 Å². The number of ether oxygens (including phenoxy) is 1. The number of oxazole rings is 1. The zero-order valence-electron chi connectivity index (χ0n) is 11.5. The smallest absolute Gasteiger partial charge is 0.309 e. The van der Waals surface area contributed by atoms with Crippen LogP contribution in [0.15, 0.2) is 46.9 Å². The van der Waals surface area contributed by atoms with E-state index in [0.29, 0.717) is 22.7 Å². The number of anilines is 1. The largest absolute Gasteiger partial charge is 0.469 e. The van der Waals surface area contributed by atoms with Gasteiger partial charge in [0.25, 0.3) is 0 Å². The Morgan fingerprint density at radius 1 is 1.29 bits per heavy atom.